The summed E-state index contributed by atoms with van der Waals surface area (Å²) in [7, 11) is 1.84. The van der Waals surface area contributed by atoms with Crippen LogP contribution in [0.25, 0.3) is 22.2 Å². The van der Waals surface area contributed by atoms with Crippen molar-refractivity contribution in [3.05, 3.63) is 105 Å². The molecule has 0 aliphatic heterocycles. The number of benzene rings is 1. The number of hydrogen-bond donors (Lipinski definition) is 0. The van der Waals surface area contributed by atoms with Gasteiger partial charge in [0.25, 0.3) is 5.56 Å². The molecule has 0 saturated carbocycles. The predicted molar refractivity (Wildman–Crippen MR) is 137 cm³/mol. The Morgan fingerprint density at radius 2 is 1.87 bits per heavy atom. The van der Waals surface area contributed by atoms with Gasteiger partial charge in [0.15, 0.2) is 0 Å². The third-order valence-corrected chi connectivity index (χ3v) is 6.54. The minimum absolute atomic E-state index is 0.143. The van der Waals surface area contributed by atoms with Gasteiger partial charge in [-0.1, -0.05) is 12.1 Å². The summed E-state index contributed by atoms with van der Waals surface area (Å²) in [5.74, 6) is -0.162. The van der Waals surface area contributed by atoms with Gasteiger partial charge >= 0.3 is 6.18 Å². The molecule has 39 heavy (non-hydrogen) atoms. The molecular weight excluding hydrogens is 514 g/mol. The number of alkyl halides is 3. The second-order valence-corrected chi connectivity index (χ2v) is 9.10. The average Bonchev–Trinajstić information content (AvgIpc) is 3.31. The van der Waals surface area contributed by atoms with Gasteiger partial charge in [-0.2, -0.15) is 18.3 Å². The zero-order valence-corrected chi connectivity index (χ0v) is 21.3. The Balaban J connectivity index is 1.52. The highest BCUT2D eigenvalue weighted by Gasteiger charge is 2.34. The summed E-state index contributed by atoms with van der Waals surface area (Å²) < 4.78 is 63.1. The molecule has 0 amide bonds. The first kappa shape index (κ1) is 26.1. The van der Waals surface area contributed by atoms with Crippen LogP contribution < -0.4 is 10.3 Å². The van der Waals surface area contributed by atoms with Crippen molar-refractivity contribution in [2.75, 3.05) is 0 Å². The number of rotatable bonds is 6. The van der Waals surface area contributed by atoms with Crippen LogP contribution in [0.1, 0.15) is 28.1 Å². The number of nitrogens with zero attached hydrogens (tertiary/aromatic N) is 5. The number of halogens is 4. The molecule has 4 heterocycles. The fourth-order valence-corrected chi connectivity index (χ4v) is 4.50. The topological polar surface area (TPSA) is 74.8 Å². The van der Waals surface area contributed by atoms with Crippen LogP contribution in [-0.2, 0) is 26.4 Å². The van der Waals surface area contributed by atoms with Gasteiger partial charge in [-0.15, -0.1) is 0 Å². The van der Waals surface area contributed by atoms with Crippen LogP contribution in [0.2, 0.25) is 0 Å². The number of hydrogen-bond acceptors (Lipinski definition) is 5. The largest absolute Gasteiger partial charge is 0.487 e. The van der Waals surface area contributed by atoms with Gasteiger partial charge in [0.2, 0.25) is 0 Å². The average molecular weight is 538 g/mol. The Morgan fingerprint density at radius 3 is 2.59 bits per heavy atom. The van der Waals surface area contributed by atoms with Crippen LogP contribution in [0, 0.1) is 19.7 Å². The van der Waals surface area contributed by atoms with E-state index >= 15 is 0 Å². The van der Waals surface area contributed by atoms with E-state index in [9.17, 15) is 22.4 Å². The quantitative estimate of drug-likeness (QED) is 0.264. The van der Waals surface area contributed by atoms with E-state index in [1.165, 1.54) is 13.1 Å². The lowest BCUT2D eigenvalue weighted by Gasteiger charge is -2.17. The summed E-state index contributed by atoms with van der Waals surface area (Å²) in [4.78, 5) is 21.2. The monoisotopic (exact) mass is 537 g/mol. The third kappa shape index (κ3) is 4.99. The molecule has 0 aliphatic carbocycles. The molecule has 0 bridgehead atoms. The molecule has 0 radical (unpaired) electrons. The van der Waals surface area contributed by atoms with E-state index in [2.05, 4.69) is 15.1 Å². The van der Waals surface area contributed by atoms with Crippen molar-refractivity contribution in [2.45, 2.75) is 33.2 Å². The SMILES string of the molecule is Cc1cc(-c2ccnn2C)c2cccc(OCc3c(Cn4cccc(C(F)(F)F)c4=O)ncc(F)c3C)c2n1. The maximum atomic E-state index is 14.5. The van der Waals surface area contributed by atoms with Gasteiger partial charge in [-0.3, -0.25) is 14.5 Å². The van der Waals surface area contributed by atoms with E-state index in [0.29, 0.717) is 16.8 Å². The van der Waals surface area contributed by atoms with Crippen LogP contribution in [0.4, 0.5) is 17.6 Å². The number of fused-ring (bicyclic) bond motifs is 1. The molecule has 0 aliphatic rings. The number of pyridine rings is 3. The van der Waals surface area contributed by atoms with Crippen LogP contribution in [0.3, 0.4) is 0 Å². The van der Waals surface area contributed by atoms with Crippen molar-refractivity contribution in [3.8, 4) is 17.0 Å². The normalized spacial score (nSPS) is 11.8. The minimum Gasteiger partial charge on any atom is -0.487 e. The van der Waals surface area contributed by atoms with E-state index in [1.54, 1.807) is 16.9 Å². The van der Waals surface area contributed by atoms with Crippen LogP contribution >= 0.6 is 0 Å². The van der Waals surface area contributed by atoms with Crippen molar-refractivity contribution in [1.29, 1.82) is 0 Å². The second-order valence-electron chi connectivity index (χ2n) is 9.10. The van der Waals surface area contributed by atoms with Crippen LogP contribution in [0.5, 0.6) is 5.75 Å². The Kier molecular flexibility index (Phi) is 6.67. The summed E-state index contributed by atoms with van der Waals surface area (Å²) in [5, 5.41) is 5.08. The molecule has 0 saturated heterocycles. The molecule has 0 N–H and O–H groups in total. The van der Waals surface area contributed by atoms with Gasteiger partial charge < -0.3 is 9.30 Å². The number of ether oxygens (including phenoxy) is 1. The maximum absolute atomic E-state index is 14.5. The first-order chi connectivity index (χ1) is 18.5. The van der Waals surface area contributed by atoms with Crippen molar-refractivity contribution in [1.82, 2.24) is 24.3 Å². The standard InChI is InChI=1S/C28H23F4N5O2/c1-16-12-19(24-9-10-34-36(24)3)18-6-4-8-25(26(18)35-16)39-15-20-17(2)22(29)13-33-23(20)14-37-11-5-7-21(27(37)38)28(30,31)32/h4-13H,14-15H2,1-3H3. The lowest BCUT2D eigenvalue weighted by atomic mass is 10.0. The molecule has 11 heteroatoms. The molecule has 1 aromatic carbocycles. The highest BCUT2D eigenvalue weighted by molar-refractivity contribution is 5.97. The highest BCUT2D eigenvalue weighted by Crippen LogP contribution is 2.33. The van der Waals surface area contributed by atoms with Crippen molar-refractivity contribution in [3.63, 3.8) is 0 Å². The van der Waals surface area contributed by atoms with Crippen molar-refractivity contribution in [2.24, 2.45) is 7.05 Å². The predicted octanol–water partition coefficient (Wildman–Crippen LogP) is 5.59. The van der Waals surface area contributed by atoms with E-state index in [0.717, 1.165) is 45.2 Å². The second kappa shape index (κ2) is 9.97. The van der Waals surface area contributed by atoms with Crippen LogP contribution in [-0.4, -0.2) is 24.3 Å². The molecule has 4 aromatic heterocycles. The molecular formula is C28H23F4N5O2. The Hall–Kier alpha value is -4.54. The molecule has 0 spiro atoms. The van der Waals surface area contributed by atoms with E-state index < -0.39 is 23.1 Å². The van der Waals surface area contributed by atoms with Gasteiger partial charge in [0.1, 0.15) is 29.3 Å². The number of para-hydroxylation sites is 1. The molecule has 200 valence electrons. The van der Waals surface area contributed by atoms with E-state index in [-0.39, 0.29) is 24.4 Å². The van der Waals surface area contributed by atoms with Gasteiger partial charge in [0, 0.05) is 41.6 Å². The van der Waals surface area contributed by atoms with Crippen LogP contribution in [0.15, 0.2) is 65.8 Å². The summed E-state index contributed by atoms with van der Waals surface area (Å²) in [5.41, 5.74) is 1.42. The fraction of sp³-hybridized carbons (Fsp3) is 0.214. The highest BCUT2D eigenvalue weighted by atomic mass is 19.4. The Morgan fingerprint density at radius 1 is 1.08 bits per heavy atom. The van der Waals surface area contributed by atoms with Crippen molar-refractivity contribution < 1.29 is 22.3 Å². The van der Waals surface area contributed by atoms with Gasteiger partial charge in [0.05, 0.1) is 24.1 Å². The Labute approximate surface area is 220 Å². The first-order valence-corrected chi connectivity index (χ1v) is 12.0. The summed E-state index contributed by atoms with van der Waals surface area (Å²) in [6.07, 6.45) is -0.879. The Bertz CT molecular complexity index is 1760. The maximum Gasteiger partial charge on any atom is 0.421 e. The minimum atomic E-state index is -4.80. The summed E-state index contributed by atoms with van der Waals surface area (Å²) in [6, 6.07) is 11.2. The van der Waals surface area contributed by atoms with Crippen molar-refractivity contribution >= 4 is 10.9 Å². The summed E-state index contributed by atoms with van der Waals surface area (Å²) >= 11 is 0. The zero-order valence-electron chi connectivity index (χ0n) is 21.3. The first-order valence-electron chi connectivity index (χ1n) is 12.0. The lowest BCUT2D eigenvalue weighted by Crippen LogP contribution is -2.29. The lowest BCUT2D eigenvalue weighted by molar-refractivity contribution is -0.138. The molecule has 0 atom stereocenters. The fourth-order valence-electron chi connectivity index (χ4n) is 4.50. The number of aryl methyl sites for hydroxylation is 2. The van der Waals surface area contributed by atoms with E-state index in [4.69, 9.17) is 4.74 Å². The smallest absolute Gasteiger partial charge is 0.421 e. The third-order valence-electron chi connectivity index (χ3n) is 6.54. The molecule has 0 fully saturated rings. The molecule has 0 unspecified atom stereocenters. The molecule has 5 rings (SSSR count). The van der Waals surface area contributed by atoms with Gasteiger partial charge in [-0.05, 0) is 49.7 Å². The van der Waals surface area contributed by atoms with Gasteiger partial charge in [-0.25, -0.2) is 9.37 Å². The molecule has 7 nitrogen and oxygen atoms in total. The molecule has 5 aromatic rings. The zero-order chi connectivity index (χ0) is 27.9. The number of aromatic nitrogens is 5. The van der Waals surface area contributed by atoms with E-state index in [1.807, 2.05) is 38.2 Å². The summed E-state index contributed by atoms with van der Waals surface area (Å²) in [6.45, 7) is 2.96.